The highest BCUT2D eigenvalue weighted by atomic mass is 16.5. The van der Waals surface area contributed by atoms with Gasteiger partial charge in [-0.2, -0.15) is 0 Å². The van der Waals surface area contributed by atoms with Crippen molar-refractivity contribution < 1.29 is 14.3 Å². The summed E-state index contributed by atoms with van der Waals surface area (Å²) in [5.74, 6) is 0.785. The number of aryl methyl sites for hydroxylation is 1. The van der Waals surface area contributed by atoms with Crippen LogP contribution in [0.2, 0.25) is 0 Å². The number of rotatable bonds is 8. The van der Waals surface area contributed by atoms with Gasteiger partial charge in [0, 0.05) is 45.3 Å². The van der Waals surface area contributed by atoms with Gasteiger partial charge in [-0.15, -0.1) is 0 Å². The predicted octanol–water partition coefficient (Wildman–Crippen LogP) is 2.78. The molecule has 0 spiro atoms. The second kappa shape index (κ2) is 10.2. The molecule has 1 aromatic carbocycles. The van der Waals surface area contributed by atoms with Crippen LogP contribution >= 0.6 is 0 Å². The molecule has 0 atom stereocenters. The van der Waals surface area contributed by atoms with E-state index in [9.17, 15) is 9.59 Å². The van der Waals surface area contributed by atoms with Crippen molar-refractivity contribution in [3.05, 3.63) is 35.4 Å². The Morgan fingerprint density at radius 3 is 2.64 bits per heavy atom. The largest absolute Gasteiger partial charge is 0.385 e. The Bertz CT molecular complexity index is 566. The van der Waals surface area contributed by atoms with Gasteiger partial charge in [0.2, 0.25) is 5.91 Å². The summed E-state index contributed by atoms with van der Waals surface area (Å²) < 4.78 is 4.96. The van der Waals surface area contributed by atoms with E-state index < -0.39 is 0 Å². The molecule has 1 aliphatic rings. The minimum absolute atomic E-state index is 0.120. The Morgan fingerprint density at radius 2 is 1.96 bits per heavy atom. The molecule has 2 rings (SSSR count). The Hall–Kier alpha value is -1.88. The molecule has 0 radical (unpaired) electrons. The Morgan fingerprint density at radius 1 is 1.24 bits per heavy atom. The van der Waals surface area contributed by atoms with Crippen LogP contribution in [0.3, 0.4) is 0 Å². The van der Waals surface area contributed by atoms with Gasteiger partial charge in [0.05, 0.1) is 0 Å². The first-order valence-corrected chi connectivity index (χ1v) is 9.22. The summed E-state index contributed by atoms with van der Waals surface area (Å²) in [5.41, 5.74) is 1.83. The third-order valence-electron chi connectivity index (χ3n) is 4.90. The lowest BCUT2D eigenvalue weighted by Crippen LogP contribution is -2.39. The van der Waals surface area contributed by atoms with Crippen LogP contribution in [-0.4, -0.2) is 50.1 Å². The van der Waals surface area contributed by atoms with Crippen LogP contribution in [0.1, 0.15) is 48.0 Å². The molecule has 1 saturated heterocycles. The molecule has 1 fully saturated rings. The standard InChI is InChI=1S/C20H30N2O3/c1-16-6-3-4-7-18(16)20(24)22-13-10-17(11-14-22)8-9-19(23)21-12-5-15-25-2/h3-4,6-7,17H,5,8-15H2,1-2H3,(H,21,23). The summed E-state index contributed by atoms with van der Waals surface area (Å²) in [6.07, 6.45) is 4.29. The van der Waals surface area contributed by atoms with Gasteiger partial charge < -0.3 is 15.0 Å². The number of nitrogens with zero attached hydrogens (tertiary/aromatic N) is 1. The van der Waals surface area contributed by atoms with E-state index in [1.165, 1.54) is 0 Å². The van der Waals surface area contributed by atoms with E-state index in [1.54, 1.807) is 7.11 Å². The third-order valence-corrected chi connectivity index (χ3v) is 4.90. The van der Waals surface area contributed by atoms with Crippen LogP contribution in [0, 0.1) is 12.8 Å². The molecule has 0 aromatic heterocycles. The number of benzene rings is 1. The second-order valence-electron chi connectivity index (χ2n) is 6.79. The average molecular weight is 346 g/mol. The molecular formula is C20H30N2O3. The van der Waals surface area contributed by atoms with Crippen molar-refractivity contribution in [3.8, 4) is 0 Å². The van der Waals surface area contributed by atoms with E-state index in [0.717, 1.165) is 49.9 Å². The monoisotopic (exact) mass is 346 g/mol. The fourth-order valence-corrected chi connectivity index (χ4v) is 3.28. The SMILES string of the molecule is COCCCNC(=O)CCC1CCN(C(=O)c2ccccc2C)CC1. The van der Waals surface area contributed by atoms with Crippen LogP contribution in [0.25, 0.3) is 0 Å². The van der Waals surface area contributed by atoms with Crippen LogP contribution in [0.4, 0.5) is 0 Å². The number of piperidine rings is 1. The summed E-state index contributed by atoms with van der Waals surface area (Å²) in [5, 5.41) is 2.93. The van der Waals surface area contributed by atoms with E-state index in [4.69, 9.17) is 4.74 Å². The number of likely N-dealkylation sites (tertiary alicyclic amines) is 1. The minimum Gasteiger partial charge on any atom is -0.385 e. The number of hydrogen-bond donors (Lipinski definition) is 1. The van der Waals surface area contributed by atoms with Crippen molar-refractivity contribution in [2.75, 3.05) is 33.4 Å². The lowest BCUT2D eigenvalue weighted by molar-refractivity contribution is -0.121. The maximum Gasteiger partial charge on any atom is 0.254 e. The molecule has 2 amide bonds. The van der Waals surface area contributed by atoms with Gasteiger partial charge in [0.1, 0.15) is 0 Å². The number of ether oxygens (including phenoxy) is 1. The number of carbonyl (C=O) groups is 2. The number of amides is 2. The first kappa shape index (κ1) is 19.4. The Labute approximate surface area is 150 Å². The van der Waals surface area contributed by atoms with Crippen molar-refractivity contribution in [2.45, 2.75) is 39.0 Å². The van der Waals surface area contributed by atoms with E-state index in [-0.39, 0.29) is 11.8 Å². The molecule has 1 aliphatic heterocycles. The lowest BCUT2D eigenvalue weighted by Gasteiger charge is -2.32. The topological polar surface area (TPSA) is 58.6 Å². The first-order valence-electron chi connectivity index (χ1n) is 9.22. The van der Waals surface area contributed by atoms with Crippen LogP contribution < -0.4 is 5.32 Å². The van der Waals surface area contributed by atoms with Crippen molar-refractivity contribution in [1.82, 2.24) is 10.2 Å². The second-order valence-corrected chi connectivity index (χ2v) is 6.79. The maximum atomic E-state index is 12.6. The number of carbonyl (C=O) groups excluding carboxylic acids is 2. The van der Waals surface area contributed by atoms with Gasteiger partial charge in [-0.05, 0) is 50.2 Å². The number of hydrogen-bond acceptors (Lipinski definition) is 3. The lowest BCUT2D eigenvalue weighted by atomic mass is 9.91. The molecular weight excluding hydrogens is 316 g/mol. The van der Waals surface area contributed by atoms with Crippen molar-refractivity contribution in [2.24, 2.45) is 5.92 Å². The molecule has 1 N–H and O–H groups in total. The molecule has 1 heterocycles. The summed E-state index contributed by atoms with van der Waals surface area (Å²) in [6.45, 7) is 4.90. The highest BCUT2D eigenvalue weighted by molar-refractivity contribution is 5.95. The molecule has 5 nitrogen and oxygen atoms in total. The minimum atomic E-state index is 0.120. The van der Waals surface area contributed by atoms with E-state index in [0.29, 0.717) is 25.5 Å². The first-order chi connectivity index (χ1) is 12.1. The van der Waals surface area contributed by atoms with E-state index in [2.05, 4.69) is 5.32 Å². The van der Waals surface area contributed by atoms with E-state index in [1.807, 2.05) is 36.1 Å². The maximum absolute atomic E-state index is 12.6. The fourth-order valence-electron chi connectivity index (χ4n) is 3.28. The summed E-state index contributed by atoms with van der Waals surface area (Å²) >= 11 is 0. The molecule has 0 aliphatic carbocycles. The van der Waals surface area contributed by atoms with Gasteiger partial charge in [-0.25, -0.2) is 0 Å². The van der Waals surface area contributed by atoms with Gasteiger partial charge in [0.15, 0.2) is 0 Å². The normalized spacial score (nSPS) is 15.2. The molecule has 0 saturated carbocycles. The number of nitrogens with one attached hydrogen (secondary N) is 1. The quantitative estimate of drug-likeness (QED) is 0.737. The molecule has 138 valence electrons. The van der Waals surface area contributed by atoms with Crippen molar-refractivity contribution in [3.63, 3.8) is 0 Å². The van der Waals surface area contributed by atoms with Gasteiger partial charge >= 0.3 is 0 Å². The summed E-state index contributed by atoms with van der Waals surface area (Å²) in [6, 6.07) is 7.75. The van der Waals surface area contributed by atoms with E-state index >= 15 is 0 Å². The van der Waals surface area contributed by atoms with Gasteiger partial charge in [0.25, 0.3) is 5.91 Å². The third kappa shape index (κ3) is 6.16. The van der Waals surface area contributed by atoms with Gasteiger partial charge in [-0.3, -0.25) is 9.59 Å². The fraction of sp³-hybridized carbons (Fsp3) is 0.600. The predicted molar refractivity (Wildman–Crippen MR) is 98.5 cm³/mol. The smallest absolute Gasteiger partial charge is 0.254 e. The van der Waals surface area contributed by atoms with Crippen molar-refractivity contribution >= 4 is 11.8 Å². The zero-order valence-corrected chi connectivity index (χ0v) is 15.4. The van der Waals surface area contributed by atoms with Crippen LogP contribution in [0.15, 0.2) is 24.3 Å². The molecule has 25 heavy (non-hydrogen) atoms. The van der Waals surface area contributed by atoms with Gasteiger partial charge in [-0.1, -0.05) is 18.2 Å². The molecule has 0 bridgehead atoms. The van der Waals surface area contributed by atoms with Crippen molar-refractivity contribution in [1.29, 1.82) is 0 Å². The highest BCUT2D eigenvalue weighted by Crippen LogP contribution is 2.23. The molecule has 0 unspecified atom stereocenters. The molecule has 1 aromatic rings. The number of methoxy groups -OCH3 is 1. The summed E-state index contributed by atoms with van der Waals surface area (Å²) in [7, 11) is 1.66. The summed E-state index contributed by atoms with van der Waals surface area (Å²) in [4.78, 5) is 26.4. The van der Waals surface area contributed by atoms with Crippen LogP contribution in [0.5, 0.6) is 0 Å². The molecule has 5 heteroatoms. The Kier molecular flexibility index (Phi) is 7.92. The van der Waals surface area contributed by atoms with Crippen LogP contribution in [-0.2, 0) is 9.53 Å². The Balaban J connectivity index is 1.68. The average Bonchev–Trinajstić information content (AvgIpc) is 2.64. The zero-order valence-electron chi connectivity index (χ0n) is 15.4. The highest BCUT2D eigenvalue weighted by Gasteiger charge is 2.24. The zero-order chi connectivity index (χ0) is 18.1.